The van der Waals surface area contributed by atoms with Crippen molar-refractivity contribution in [1.29, 1.82) is 0 Å². The SMILES string of the molecule is O=C(COC1CCC(C(=O)O)CC1)NCC1CCCO1. The van der Waals surface area contributed by atoms with Crippen LogP contribution in [-0.4, -0.2) is 48.9 Å². The van der Waals surface area contributed by atoms with Crippen LogP contribution in [0.5, 0.6) is 0 Å². The molecule has 0 radical (unpaired) electrons. The zero-order chi connectivity index (χ0) is 14.4. The summed E-state index contributed by atoms with van der Waals surface area (Å²) in [7, 11) is 0. The molecule has 1 heterocycles. The maximum Gasteiger partial charge on any atom is 0.306 e. The van der Waals surface area contributed by atoms with Gasteiger partial charge in [-0.3, -0.25) is 9.59 Å². The van der Waals surface area contributed by atoms with Crippen LogP contribution in [0.25, 0.3) is 0 Å². The minimum atomic E-state index is -0.724. The number of carbonyl (C=O) groups is 2. The predicted octanol–water partition coefficient (Wildman–Crippen LogP) is 0.942. The fourth-order valence-electron chi connectivity index (χ4n) is 2.75. The van der Waals surface area contributed by atoms with Crippen LogP contribution >= 0.6 is 0 Å². The molecular weight excluding hydrogens is 262 g/mol. The molecule has 1 aliphatic heterocycles. The van der Waals surface area contributed by atoms with E-state index >= 15 is 0 Å². The van der Waals surface area contributed by atoms with E-state index in [1.54, 1.807) is 0 Å². The fraction of sp³-hybridized carbons (Fsp3) is 0.857. The molecule has 0 spiro atoms. The fourth-order valence-corrected chi connectivity index (χ4v) is 2.75. The third kappa shape index (κ3) is 4.76. The molecule has 0 aromatic carbocycles. The first-order chi connectivity index (χ1) is 9.65. The summed E-state index contributed by atoms with van der Waals surface area (Å²) in [4.78, 5) is 22.5. The molecule has 2 fully saturated rings. The molecule has 1 saturated carbocycles. The van der Waals surface area contributed by atoms with E-state index < -0.39 is 5.97 Å². The number of nitrogens with one attached hydrogen (secondary N) is 1. The Morgan fingerprint density at radius 1 is 1.20 bits per heavy atom. The second-order valence-electron chi connectivity index (χ2n) is 5.56. The normalized spacial score (nSPS) is 30.1. The van der Waals surface area contributed by atoms with E-state index in [1.807, 2.05) is 0 Å². The van der Waals surface area contributed by atoms with Gasteiger partial charge in [0.25, 0.3) is 0 Å². The lowest BCUT2D eigenvalue weighted by Crippen LogP contribution is -2.36. The summed E-state index contributed by atoms with van der Waals surface area (Å²) in [6, 6.07) is 0. The average Bonchev–Trinajstić information content (AvgIpc) is 2.96. The minimum Gasteiger partial charge on any atom is -0.481 e. The Kier molecular flexibility index (Phi) is 5.79. The first-order valence-electron chi connectivity index (χ1n) is 7.38. The highest BCUT2D eigenvalue weighted by molar-refractivity contribution is 5.77. The van der Waals surface area contributed by atoms with Crippen LogP contribution in [0.3, 0.4) is 0 Å². The van der Waals surface area contributed by atoms with Gasteiger partial charge in [-0.05, 0) is 38.5 Å². The van der Waals surface area contributed by atoms with Gasteiger partial charge in [-0.1, -0.05) is 0 Å². The van der Waals surface area contributed by atoms with E-state index in [9.17, 15) is 9.59 Å². The lowest BCUT2D eigenvalue weighted by atomic mass is 9.87. The second kappa shape index (κ2) is 7.59. The summed E-state index contributed by atoms with van der Waals surface area (Å²) in [6.07, 6.45) is 4.93. The minimum absolute atomic E-state index is 0.0130. The molecule has 1 atom stereocenters. The van der Waals surface area contributed by atoms with Gasteiger partial charge in [0.1, 0.15) is 6.61 Å². The number of carbonyl (C=O) groups excluding carboxylic acids is 1. The van der Waals surface area contributed by atoms with Gasteiger partial charge in [0.2, 0.25) is 5.91 Å². The van der Waals surface area contributed by atoms with Crippen molar-refractivity contribution in [2.75, 3.05) is 19.8 Å². The van der Waals surface area contributed by atoms with Gasteiger partial charge in [0.05, 0.1) is 18.1 Å². The highest BCUT2D eigenvalue weighted by Gasteiger charge is 2.26. The highest BCUT2D eigenvalue weighted by atomic mass is 16.5. The predicted molar refractivity (Wildman–Crippen MR) is 71.3 cm³/mol. The summed E-state index contributed by atoms with van der Waals surface area (Å²) in [5, 5.41) is 11.7. The summed E-state index contributed by atoms with van der Waals surface area (Å²) >= 11 is 0. The monoisotopic (exact) mass is 285 g/mol. The summed E-state index contributed by atoms with van der Waals surface area (Å²) in [5.41, 5.74) is 0. The van der Waals surface area contributed by atoms with Crippen molar-refractivity contribution in [3.63, 3.8) is 0 Å². The molecule has 6 nitrogen and oxygen atoms in total. The maximum absolute atomic E-state index is 11.6. The molecular formula is C14H23NO5. The van der Waals surface area contributed by atoms with E-state index in [0.29, 0.717) is 19.4 Å². The zero-order valence-corrected chi connectivity index (χ0v) is 11.7. The topological polar surface area (TPSA) is 84.9 Å². The molecule has 0 aromatic rings. The van der Waals surface area contributed by atoms with Crippen molar-refractivity contribution in [3.8, 4) is 0 Å². The molecule has 2 aliphatic rings. The number of carboxylic acids is 1. The van der Waals surface area contributed by atoms with Crippen molar-refractivity contribution in [2.45, 2.75) is 50.7 Å². The second-order valence-corrected chi connectivity index (χ2v) is 5.56. The van der Waals surface area contributed by atoms with E-state index in [-0.39, 0.29) is 30.6 Å². The maximum atomic E-state index is 11.6. The van der Waals surface area contributed by atoms with Crippen LogP contribution in [0.2, 0.25) is 0 Å². The first kappa shape index (κ1) is 15.3. The van der Waals surface area contributed by atoms with Crippen LogP contribution in [0.1, 0.15) is 38.5 Å². The molecule has 0 aromatic heterocycles. The average molecular weight is 285 g/mol. The third-order valence-corrected chi connectivity index (χ3v) is 4.02. The molecule has 0 bridgehead atoms. The smallest absolute Gasteiger partial charge is 0.306 e. The lowest BCUT2D eigenvalue weighted by Gasteiger charge is -2.26. The van der Waals surface area contributed by atoms with E-state index in [1.165, 1.54) is 0 Å². The summed E-state index contributed by atoms with van der Waals surface area (Å²) in [5.74, 6) is -1.10. The van der Waals surface area contributed by atoms with E-state index in [4.69, 9.17) is 14.6 Å². The molecule has 1 unspecified atom stereocenters. The summed E-state index contributed by atoms with van der Waals surface area (Å²) < 4.78 is 11.0. The molecule has 2 rings (SSSR count). The number of amides is 1. The van der Waals surface area contributed by atoms with Crippen LogP contribution in [-0.2, 0) is 19.1 Å². The quantitative estimate of drug-likeness (QED) is 0.758. The van der Waals surface area contributed by atoms with Gasteiger partial charge in [-0.2, -0.15) is 0 Å². The van der Waals surface area contributed by atoms with Crippen LogP contribution < -0.4 is 5.32 Å². The van der Waals surface area contributed by atoms with Gasteiger partial charge >= 0.3 is 5.97 Å². The molecule has 1 aliphatic carbocycles. The van der Waals surface area contributed by atoms with Gasteiger partial charge in [-0.25, -0.2) is 0 Å². The number of ether oxygens (including phenoxy) is 2. The largest absolute Gasteiger partial charge is 0.481 e. The third-order valence-electron chi connectivity index (χ3n) is 4.02. The van der Waals surface area contributed by atoms with Gasteiger partial charge in [0.15, 0.2) is 0 Å². The first-order valence-corrected chi connectivity index (χ1v) is 7.38. The standard InChI is InChI=1S/C14H23NO5/c16-13(15-8-12-2-1-7-19-12)9-20-11-5-3-10(4-6-11)14(17)18/h10-12H,1-9H2,(H,15,16)(H,17,18). The Labute approximate surface area is 118 Å². The van der Waals surface area contributed by atoms with Crippen LogP contribution in [0.15, 0.2) is 0 Å². The number of carboxylic acid groups (broad SMARTS) is 1. The number of hydrogen-bond donors (Lipinski definition) is 2. The molecule has 114 valence electrons. The molecule has 6 heteroatoms. The Bertz CT molecular complexity index is 332. The lowest BCUT2D eigenvalue weighted by molar-refractivity contribution is -0.144. The molecule has 1 saturated heterocycles. The van der Waals surface area contributed by atoms with Gasteiger partial charge < -0.3 is 19.9 Å². The van der Waals surface area contributed by atoms with Crippen molar-refractivity contribution in [1.82, 2.24) is 5.32 Å². The molecule has 20 heavy (non-hydrogen) atoms. The Morgan fingerprint density at radius 2 is 1.95 bits per heavy atom. The van der Waals surface area contributed by atoms with Crippen LogP contribution in [0.4, 0.5) is 0 Å². The Balaban J connectivity index is 1.56. The summed E-state index contributed by atoms with van der Waals surface area (Å²) in [6.45, 7) is 1.38. The number of aliphatic carboxylic acids is 1. The Morgan fingerprint density at radius 3 is 2.55 bits per heavy atom. The van der Waals surface area contributed by atoms with E-state index in [0.717, 1.165) is 32.3 Å². The van der Waals surface area contributed by atoms with Crippen molar-refractivity contribution in [3.05, 3.63) is 0 Å². The Hall–Kier alpha value is -1.14. The highest BCUT2D eigenvalue weighted by Crippen LogP contribution is 2.26. The number of rotatable bonds is 6. The van der Waals surface area contributed by atoms with Gasteiger partial charge in [-0.15, -0.1) is 0 Å². The number of hydrogen-bond acceptors (Lipinski definition) is 4. The van der Waals surface area contributed by atoms with Gasteiger partial charge in [0, 0.05) is 13.2 Å². The molecule has 2 N–H and O–H groups in total. The van der Waals surface area contributed by atoms with Crippen LogP contribution in [0, 0.1) is 5.92 Å². The zero-order valence-electron chi connectivity index (χ0n) is 11.7. The van der Waals surface area contributed by atoms with Crippen molar-refractivity contribution in [2.24, 2.45) is 5.92 Å². The van der Waals surface area contributed by atoms with Crippen molar-refractivity contribution < 1.29 is 24.2 Å². The van der Waals surface area contributed by atoms with Crippen molar-refractivity contribution >= 4 is 11.9 Å². The van der Waals surface area contributed by atoms with E-state index in [2.05, 4.69) is 5.32 Å². The molecule has 1 amide bonds.